The zero-order valence-electron chi connectivity index (χ0n) is 82.1. The summed E-state index contributed by atoms with van der Waals surface area (Å²) in [5.74, 6) is 1.25. The molecule has 36 nitrogen and oxygen atoms in total. The Balaban J connectivity index is 0.000000260. The second kappa shape index (κ2) is 59.5. The number of methoxy groups -OCH3 is 4. The first-order chi connectivity index (χ1) is 65.7. The summed E-state index contributed by atoms with van der Waals surface area (Å²) in [5, 5.41) is 20.8. The molecule has 7 amide bonds. The highest BCUT2D eigenvalue weighted by atomic mass is 32.1. The van der Waals surface area contributed by atoms with Gasteiger partial charge in [-0.15, -0.1) is 0 Å². The Kier molecular flexibility index (Phi) is 50.6. The molecule has 0 aromatic heterocycles. The fourth-order valence-electron chi connectivity index (χ4n) is 17.4. The molecule has 6 aromatic carbocycles. The highest BCUT2D eigenvalue weighted by Crippen LogP contribution is 2.37. The van der Waals surface area contributed by atoms with Crippen molar-refractivity contribution in [3.05, 3.63) is 176 Å². The van der Waals surface area contributed by atoms with Crippen molar-refractivity contribution in [3.8, 4) is 34.5 Å². The van der Waals surface area contributed by atoms with Crippen LogP contribution in [0, 0.1) is 29.6 Å². The van der Waals surface area contributed by atoms with E-state index >= 15 is 0 Å². The summed E-state index contributed by atoms with van der Waals surface area (Å²) in [4.78, 5) is 143. The molecule has 0 saturated carbocycles. The Bertz CT molecular complexity index is 4540. The molecular weight excluding hydrogens is 1950 g/mol. The lowest BCUT2D eigenvalue weighted by atomic mass is 9.99. The summed E-state index contributed by atoms with van der Waals surface area (Å²) in [6, 6.07) is 31.0. The maximum Gasteiger partial charge on any atom is 0.337 e. The highest BCUT2D eigenvalue weighted by molar-refractivity contribution is 7.60. The molecule has 11 aliphatic rings. The molecule has 1 unspecified atom stereocenters. The molecule has 6 aromatic rings. The lowest BCUT2D eigenvalue weighted by Gasteiger charge is -2.31. The third kappa shape index (κ3) is 32.3. The number of carbonyl (C=O) groups excluding carboxylic acids is 11. The highest BCUT2D eigenvalue weighted by Gasteiger charge is 2.39. The Labute approximate surface area is 871 Å². The average molecular weight is 2090 g/mol. The van der Waals surface area contributed by atoms with Crippen molar-refractivity contribution in [2.45, 2.75) is 181 Å². The average Bonchev–Trinajstić information content (AvgIpc) is 1.67. The van der Waals surface area contributed by atoms with Gasteiger partial charge in [0.25, 0.3) is 11.8 Å². The number of benzene rings is 6. The molecule has 11 atom stereocenters. The zero-order chi connectivity index (χ0) is 97.1. The Morgan fingerprint density at radius 2 is 0.486 bits per heavy atom. The molecule has 5 fully saturated rings. The monoisotopic (exact) mass is 2090 g/mol. The van der Waals surface area contributed by atoms with Crippen LogP contribution in [0.1, 0.15) is 201 Å². The van der Waals surface area contributed by atoms with Gasteiger partial charge in [-0.05, 0) is 179 Å². The van der Waals surface area contributed by atoms with Crippen LogP contribution < -0.4 is 44.7 Å². The second-order valence-corrected chi connectivity index (χ2v) is 35.6. The minimum atomic E-state index is -0.592. The minimum absolute atomic E-state index is 0. The third-order valence-electron chi connectivity index (χ3n) is 25.7. The molecule has 0 bridgehead atoms. The predicted octanol–water partition coefficient (Wildman–Crippen LogP) is 10.7. The van der Waals surface area contributed by atoms with Crippen LogP contribution in [0.2, 0.25) is 0 Å². The summed E-state index contributed by atoms with van der Waals surface area (Å²) in [6.07, 6.45) is 8.91. The number of rotatable bonds is 11. The standard InChI is InChI=1S/3C18H23NO5.2C17H22N2O5.C12H15NO3.6H2S/c3*1-12-10-24-16-8-13(18(21)22-2)5-6-14(16)9-19(12)17(20)15-4-3-7-23-11-15;2*1-11-9-24-15-7-12(16(20)18-22)4-5-13(15)8-19(11)17(21)14-3-2-6-23-10-14;1-8-7-16-11-5-9(12(14)15-2)3-4-10(11)6-13-8;;;;;;/h3*5-6,8,12,15H,3-4,7,9-11H2,1-2H3;2*4-5,7,11,14,22H,2-3,6,8-10H2,1H3,(H,18,20);3-5,8,13H,6-7H2,1-2H3;6*1H2/t12-,15?;12-,15+;12-,15-;11-,14+;11-,14-;8-;;;;;;/m000000....../s1. The number of hydrogen-bond acceptors (Lipinski definition) is 29. The first-order valence-corrected chi connectivity index (χ1v) is 46.6. The summed E-state index contributed by atoms with van der Waals surface area (Å²) in [6.45, 7) is 23.6. The molecule has 0 spiro atoms. The Morgan fingerprint density at radius 3 is 0.690 bits per heavy atom. The van der Waals surface area contributed by atoms with Crippen LogP contribution >= 0.6 is 81.0 Å². The normalized spacial score (nSPS) is 22.2. The molecule has 11 aliphatic heterocycles. The van der Waals surface area contributed by atoms with E-state index in [0.717, 1.165) is 143 Å². The Morgan fingerprint density at radius 1 is 0.289 bits per heavy atom. The SMILES string of the molecule is COC(=O)c1ccc2c(c1)OC[C@H](C)N(C(=O)C1CCCOC1)C2.COC(=O)c1ccc2c(c1)OC[C@H](C)N(C(=O)[C@@H]1CCCOC1)C2.COC(=O)c1ccc2c(c1)OC[C@H](C)N(C(=O)[C@H]1CCCOC1)C2.COC(=O)c1ccc2c(c1)OC[C@H](C)NC2.C[C@H]1COc2cc(C(=O)NO)ccc2CN1C(=O)[C@@H]1CCCOC1.C[C@H]1COc2cc(C(=O)NO)ccc2CN1C(=O)[C@H]1CCCOC1.S.S.S.S.S.S. The van der Waals surface area contributed by atoms with E-state index in [4.69, 9.17) is 76.7 Å². The van der Waals surface area contributed by atoms with Crippen LogP contribution in [-0.2, 0) is 106 Å². The molecule has 11 heterocycles. The van der Waals surface area contributed by atoms with Gasteiger partial charge < -0.3 is 101 Å². The smallest absolute Gasteiger partial charge is 0.337 e. The van der Waals surface area contributed by atoms with Crippen LogP contribution in [0.5, 0.6) is 34.5 Å². The fourth-order valence-corrected chi connectivity index (χ4v) is 17.4. The number of hydroxylamine groups is 2. The van der Waals surface area contributed by atoms with E-state index in [1.165, 1.54) is 28.4 Å². The van der Waals surface area contributed by atoms with Crippen LogP contribution in [0.25, 0.3) is 0 Å². The number of amides is 7. The van der Waals surface area contributed by atoms with E-state index in [9.17, 15) is 52.7 Å². The zero-order valence-corrected chi connectivity index (χ0v) is 88.1. The van der Waals surface area contributed by atoms with E-state index < -0.39 is 29.7 Å². The van der Waals surface area contributed by atoms with Gasteiger partial charge in [0.15, 0.2) is 0 Å². The number of nitrogens with zero attached hydrogens (tertiary/aromatic N) is 5. The number of esters is 4. The fraction of sp³-hybridized carbons (Fsp3) is 0.530. The van der Waals surface area contributed by atoms with E-state index in [1.807, 2.05) is 83.4 Å². The number of carbonyl (C=O) groups is 11. The van der Waals surface area contributed by atoms with Crippen LogP contribution in [0.15, 0.2) is 109 Å². The second-order valence-electron chi connectivity index (χ2n) is 35.6. The molecule has 142 heavy (non-hydrogen) atoms. The molecule has 0 radical (unpaired) electrons. The molecule has 5 saturated heterocycles. The van der Waals surface area contributed by atoms with Crippen molar-refractivity contribution in [2.75, 3.05) is 134 Å². The van der Waals surface area contributed by atoms with E-state index in [2.05, 4.69) is 17.0 Å². The molecule has 784 valence electrons. The van der Waals surface area contributed by atoms with E-state index in [-0.39, 0.29) is 176 Å². The molecular formula is C100H140N8O28S6. The summed E-state index contributed by atoms with van der Waals surface area (Å²) < 4.78 is 80.8. The van der Waals surface area contributed by atoms with E-state index in [1.54, 1.807) is 95.9 Å². The molecule has 5 N–H and O–H groups in total. The number of ether oxygens (including phenoxy) is 15. The van der Waals surface area contributed by atoms with Crippen molar-refractivity contribution in [3.63, 3.8) is 0 Å². The topological polar surface area (TPSA) is 419 Å². The van der Waals surface area contributed by atoms with Gasteiger partial charge in [-0.1, -0.05) is 36.4 Å². The summed E-state index contributed by atoms with van der Waals surface area (Å²) in [5.41, 5.74) is 11.2. The van der Waals surface area contributed by atoms with Gasteiger partial charge in [-0.3, -0.25) is 44.0 Å². The lowest BCUT2D eigenvalue weighted by Crippen LogP contribution is -2.45. The van der Waals surface area contributed by atoms with Gasteiger partial charge in [0.1, 0.15) is 74.1 Å². The maximum absolute atomic E-state index is 12.9. The van der Waals surface area contributed by atoms with Gasteiger partial charge in [-0.2, -0.15) is 81.0 Å². The van der Waals surface area contributed by atoms with Crippen LogP contribution in [0.3, 0.4) is 0 Å². The number of hydrogen-bond donors (Lipinski definition) is 5. The van der Waals surface area contributed by atoms with Crippen molar-refractivity contribution < 1.29 is 134 Å². The molecule has 42 heteroatoms. The molecule has 17 rings (SSSR count). The van der Waals surface area contributed by atoms with Crippen molar-refractivity contribution >= 4 is 146 Å². The van der Waals surface area contributed by atoms with Crippen LogP contribution in [-0.4, -0.2) is 271 Å². The first kappa shape index (κ1) is 121. The van der Waals surface area contributed by atoms with E-state index in [0.29, 0.717) is 174 Å². The number of nitrogens with one attached hydrogen (secondary N) is 3. The summed E-state index contributed by atoms with van der Waals surface area (Å²) in [7, 11) is 5.43. The van der Waals surface area contributed by atoms with Gasteiger partial charge in [0.05, 0.1) is 144 Å². The third-order valence-corrected chi connectivity index (χ3v) is 25.7. The maximum atomic E-state index is 12.9. The minimum Gasteiger partial charge on any atom is -0.492 e. The van der Waals surface area contributed by atoms with Crippen molar-refractivity contribution in [1.29, 1.82) is 0 Å². The quantitative estimate of drug-likeness (QED) is 0.0348. The van der Waals surface area contributed by atoms with Gasteiger partial charge in [-0.25, -0.2) is 30.1 Å². The van der Waals surface area contributed by atoms with Crippen LogP contribution in [0.4, 0.5) is 0 Å². The Hall–Kier alpha value is -9.93. The number of fused-ring (bicyclic) bond motifs is 6. The van der Waals surface area contributed by atoms with Gasteiger partial charge in [0, 0.05) is 123 Å². The predicted molar refractivity (Wildman–Crippen MR) is 552 cm³/mol. The van der Waals surface area contributed by atoms with Crippen molar-refractivity contribution in [1.82, 2.24) is 40.8 Å². The molecule has 0 aliphatic carbocycles. The van der Waals surface area contributed by atoms with Gasteiger partial charge >= 0.3 is 23.9 Å². The van der Waals surface area contributed by atoms with Crippen molar-refractivity contribution in [2.24, 2.45) is 29.6 Å². The lowest BCUT2D eigenvalue weighted by molar-refractivity contribution is -0.143. The first-order valence-electron chi connectivity index (χ1n) is 46.6. The summed E-state index contributed by atoms with van der Waals surface area (Å²) >= 11 is 0. The van der Waals surface area contributed by atoms with Gasteiger partial charge in [0.2, 0.25) is 29.5 Å². The largest absolute Gasteiger partial charge is 0.492 e.